The van der Waals surface area contributed by atoms with Gasteiger partial charge in [0.15, 0.2) is 0 Å². The number of carbonyl (C=O) groups is 2. The van der Waals surface area contributed by atoms with Gasteiger partial charge in [-0.25, -0.2) is 4.98 Å². The summed E-state index contributed by atoms with van der Waals surface area (Å²) in [5.41, 5.74) is 0.0296. The number of aromatic nitrogens is 2. The van der Waals surface area contributed by atoms with Crippen LogP contribution < -0.4 is 4.74 Å². The largest absolute Gasteiger partial charge is 0.494 e. The van der Waals surface area contributed by atoms with Gasteiger partial charge >= 0.3 is 6.18 Å². The van der Waals surface area contributed by atoms with E-state index in [-0.39, 0.29) is 29.3 Å². The number of ether oxygens (including phenoxy) is 1. The first-order valence-electron chi connectivity index (χ1n) is 11.7. The predicted octanol–water partition coefficient (Wildman–Crippen LogP) is 4.27. The minimum atomic E-state index is -4.53. The Bertz CT molecular complexity index is 1270. The van der Waals surface area contributed by atoms with Gasteiger partial charge in [0.25, 0.3) is 11.8 Å². The molecule has 2 saturated heterocycles. The van der Waals surface area contributed by atoms with Gasteiger partial charge in [0.2, 0.25) is 0 Å². The molecule has 5 rings (SSSR count). The van der Waals surface area contributed by atoms with Crippen LogP contribution in [0.3, 0.4) is 0 Å². The number of halogens is 3. The number of likely N-dealkylation sites (tertiary alicyclic amines) is 1. The summed E-state index contributed by atoms with van der Waals surface area (Å²) in [6.45, 7) is 3.10. The van der Waals surface area contributed by atoms with E-state index in [1.807, 2.05) is 11.8 Å². The molecule has 4 heterocycles. The third-order valence-electron chi connectivity index (χ3n) is 6.75. The highest BCUT2D eigenvalue weighted by molar-refractivity contribution is 5.96. The van der Waals surface area contributed by atoms with Crippen molar-refractivity contribution in [3.8, 4) is 5.75 Å². The van der Waals surface area contributed by atoms with Crippen molar-refractivity contribution in [2.75, 3.05) is 19.7 Å². The molecule has 35 heavy (non-hydrogen) atoms. The first kappa shape index (κ1) is 23.2. The van der Waals surface area contributed by atoms with Crippen molar-refractivity contribution in [2.24, 2.45) is 0 Å². The zero-order valence-corrected chi connectivity index (χ0v) is 19.2. The van der Waals surface area contributed by atoms with Crippen molar-refractivity contribution >= 4 is 17.5 Å². The normalized spacial score (nSPS) is 20.2. The van der Waals surface area contributed by atoms with Crippen LogP contribution >= 0.6 is 0 Å². The Balaban J connectivity index is 1.39. The Hall–Kier alpha value is -3.56. The summed E-state index contributed by atoms with van der Waals surface area (Å²) in [7, 11) is 0. The monoisotopic (exact) mass is 486 g/mol. The standard InChI is InChI=1S/C25H25F3N4O3/c1-2-35-20-5-3-4-16(12-20)23(33)32-18-7-8-19(32)15-30(11-10-18)24(34)21-13-29-22-9-6-17(14-31(21)22)25(26,27)28/h3-6,9,12-14,18-19H,2,7-8,10-11,15H2,1H3. The molecule has 10 heteroatoms. The van der Waals surface area contributed by atoms with Gasteiger partial charge < -0.3 is 14.5 Å². The summed E-state index contributed by atoms with van der Waals surface area (Å²) in [4.78, 5) is 34.4. The molecule has 2 aliphatic heterocycles. The second-order valence-electron chi connectivity index (χ2n) is 8.89. The molecule has 0 spiro atoms. The zero-order valence-electron chi connectivity index (χ0n) is 19.2. The van der Waals surface area contributed by atoms with E-state index in [1.54, 1.807) is 29.2 Å². The van der Waals surface area contributed by atoms with Crippen LogP contribution in [0.25, 0.3) is 5.65 Å². The van der Waals surface area contributed by atoms with Crippen molar-refractivity contribution in [1.29, 1.82) is 0 Å². The fourth-order valence-corrected chi connectivity index (χ4v) is 5.09. The quantitative estimate of drug-likeness (QED) is 0.553. The lowest BCUT2D eigenvalue weighted by Crippen LogP contribution is -2.44. The number of imidazole rings is 1. The number of fused-ring (bicyclic) bond motifs is 3. The number of nitrogens with zero attached hydrogens (tertiary/aromatic N) is 4. The molecule has 184 valence electrons. The van der Waals surface area contributed by atoms with Gasteiger partial charge in [-0.3, -0.25) is 14.0 Å². The molecule has 0 saturated carbocycles. The van der Waals surface area contributed by atoms with Gasteiger partial charge in [-0.05, 0) is 56.5 Å². The number of benzene rings is 1. The third kappa shape index (κ3) is 4.33. The second kappa shape index (κ2) is 8.90. The van der Waals surface area contributed by atoms with Crippen LogP contribution in [0.5, 0.6) is 5.75 Å². The van der Waals surface area contributed by atoms with Crippen LogP contribution in [0.2, 0.25) is 0 Å². The molecular weight excluding hydrogens is 461 g/mol. The molecule has 2 atom stereocenters. The number of alkyl halides is 3. The maximum Gasteiger partial charge on any atom is 0.417 e. The lowest BCUT2D eigenvalue weighted by Gasteiger charge is -2.29. The molecule has 2 bridgehead atoms. The van der Waals surface area contributed by atoms with Crippen molar-refractivity contribution < 1.29 is 27.5 Å². The SMILES string of the molecule is CCOc1cccc(C(=O)N2C3CCC2CN(C(=O)c2cnc4ccc(C(F)(F)F)cn24)CC3)c1. The second-order valence-corrected chi connectivity index (χ2v) is 8.89. The molecule has 2 fully saturated rings. The number of carbonyl (C=O) groups excluding carboxylic acids is 2. The predicted molar refractivity (Wildman–Crippen MR) is 121 cm³/mol. The van der Waals surface area contributed by atoms with Crippen LogP contribution in [0.1, 0.15) is 52.6 Å². The highest BCUT2D eigenvalue weighted by Gasteiger charge is 2.42. The van der Waals surface area contributed by atoms with E-state index >= 15 is 0 Å². The van der Waals surface area contributed by atoms with Crippen molar-refractivity contribution in [1.82, 2.24) is 19.2 Å². The zero-order chi connectivity index (χ0) is 24.7. The van der Waals surface area contributed by atoms with Gasteiger partial charge in [-0.1, -0.05) is 6.07 Å². The van der Waals surface area contributed by atoms with Crippen molar-refractivity contribution in [2.45, 2.75) is 44.4 Å². The van der Waals surface area contributed by atoms with Gasteiger partial charge in [0.1, 0.15) is 17.1 Å². The average molecular weight is 486 g/mol. The number of hydrogen-bond acceptors (Lipinski definition) is 4. The van der Waals surface area contributed by atoms with E-state index in [2.05, 4.69) is 4.98 Å². The number of amides is 2. The Labute approximate surface area is 200 Å². The maximum atomic E-state index is 13.4. The molecule has 0 radical (unpaired) electrons. The first-order valence-corrected chi connectivity index (χ1v) is 11.7. The molecule has 2 aromatic heterocycles. The minimum Gasteiger partial charge on any atom is -0.494 e. The molecular formula is C25H25F3N4O3. The summed E-state index contributed by atoms with van der Waals surface area (Å²) in [5, 5.41) is 0. The first-order chi connectivity index (χ1) is 16.8. The lowest BCUT2D eigenvalue weighted by atomic mass is 10.1. The summed E-state index contributed by atoms with van der Waals surface area (Å²) < 4.78 is 46.4. The summed E-state index contributed by atoms with van der Waals surface area (Å²) in [6, 6.07) is 9.11. The molecule has 3 aromatic rings. The van der Waals surface area contributed by atoms with E-state index in [0.717, 1.165) is 25.1 Å². The maximum absolute atomic E-state index is 13.4. The fourth-order valence-electron chi connectivity index (χ4n) is 5.09. The third-order valence-corrected chi connectivity index (χ3v) is 6.75. The van der Waals surface area contributed by atoms with Crippen LogP contribution in [0.15, 0.2) is 48.8 Å². The summed E-state index contributed by atoms with van der Waals surface area (Å²) in [5.74, 6) is 0.135. The number of pyridine rings is 1. The molecule has 2 unspecified atom stereocenters. The average Bonchev–Trinajstić information content (AvgIpc) is 3.37. The topological polar surface area (TPSA) is 67.2 Å². The highest BCUT2D eigenvalue weighted by atomic mass is 19.4. The van der Waals surface area contributed by atoms with E-state index < -0.39 is 17.6 Å². The Morgan fingerprint density at radius 1 is 1.09 bits per heavy atom. The molecule has 1 aromatic carbocycles. The van der Waals surface area contributed by atoms with Gasteiger partial charge in [0, 0.05) is 36.9 Å². The fraction of sp³-hybridized carbons (Fsp3) is 0.400. The summed E-state index contributed by atoms with van der Waals surface area (Å²) in [6.07, 6.45) is -0.0980. The number of hydrogen-bond donors (Lipinski definition) is 0. The molecule has 2 amide bonds. The molecule has 2 aliphatic rings. The Kier molecular flexibility index (Phi) is 5.90. The van der Waals surface area contributed by atoms with Crippen LogP contribution in [-0.4, -0.2) is 62.8 Å². The highest BCUT2D eigenvalue weighted by Crippen LogP contribution is 2.33. The van der Waals surface area contributed by atoms with Gasteiger partial charge in [-0.15, -0.1) is 0 Å². The smallest absolute Gasteiger partial charge is 0.417 e. The van der Waals surface area contributed by atoms with E-state index in [0.29, 0.717) is 37.4 Å². The van der Waals surface area contributed by atoms with E-state index in [4.69, 9.17) is 4.74 Å². The van der Waals surface area contributed by atoms with Gasteiger partial charge in [-0.2, -0.15) is 13.2 Å². The molecule has 0 N–H and O–H groups in total. The van der Waals surface area contributed by atoms with Crippen LogP contribution in [-0.2, 0) is 6.18 Å². The van der Waals surface area contributed by atoms with E-state index in [9.17, 15) is 22.8 Å². The summed E-state index contributed by atoms with van der Waals surface area (Å²) >= 11 is 0. The minimum absolute atomic E-state index is 0.0000612. The Morgan fingerprint density at radius 3 is 2.66 bits per heavy atom. The van der Waals surface area contributed by atoms with Crippen LogP contribution in [0.4, 0.5) is 13.2 Å². The van der Waals surface area contributed by atoms with Gasteiger partial charge in [0.05, 0.1) is 18.4 Å². The molecule has 7 nitrogen and oxygen atoms in total. The van der Waals surface area contributed by atoms with Crippen molar-refractivity contribution in [3.05, 3.63) is 65.6 Å². The molecule has 0 aliphatic carbocycles. The lowest BCUT2D eigenvalue weighted by molar-refractivity contribution is -0.137. The van der Waals surface area contributed by atoms with E-state index in [1.165, 1.54) is 16.7 Å². The van der Waals surface area contributed by atoms with Crippen molar-refractivity contribution in [3.63, 3.8) is 0 Å². The number of rotatable bonds is 4. The Morgan fingerprint density at radius 2 is 1.89 bits per heavy atom. The van der Waals surface area contributed by atoms with Crippen LogP contribution in [0, 0.1) is 0 Å².